The molecule has 19 heavy (non-hydrogen) atoms. The van der Waals surface area contributed by atoms with Crippen LogP contribution >= 0.6 is 0 Å². The Balaban J connectivity index is 1.74. The molecule has 5 nitrogen and oxygen atoms in total. The molecule has 0 atom stereocenters. The fraction of sp³-hybridized carbons (Fsp3) is 0.769. The quantitative estimate of drug-likeness (QED) is 0.748. The molecule has 0 bridgehead atoms. The summed E-state index contributed by atoms with van der Waals surface area (Å²) in [7, 11) is -0.322. The van der Waals surface area contributed by atoms with Gasteiger partial charge in [-0.25, -0.2) is 0 Å². The van der Waals surface area contributed by atoms with Gasteiger partial charge < -0.3 is 14.0 Å². The van der Waals surface area contributed by atoms with Crippen LogP contribution < -0.4 is 5.46 Å². The number of hydrogen-bond donors (Lipinski definition) is 0. The van der Waals surface area contributed by atoms with Crippen molar-refractivity contribution in [2.45, 2.75) is 39.3 Å². The lowest BCUT2D eigenvalue weighted by Gasteiger charge is -2.47. The van der Waals surface area contributed by atoms with Crippen LogP contribution in [0, 0.1) is 5.41 Å². The van der Waals surface area contributed by atoms with Crippen LogP contribution in [0.2, 0.25) is 0 Å². The summed E-state index contributed by atoms with van der Waals surface area (Å²) >= 11 is 0. The molecule has 0 spiro atoms. The highest BCUT2D eigenvalue weighted by Crippen LogP contribution is 2.37. The lowest BCUT2D eigenvalue weighted by Crippen LogP contribution is -2.58. The van der Waals surface area contributed by atoms with Gasteiger partial charge in [0.25, 0.3) is 0 Å². The van der Waals surface area contributed by atoms with Gasteiger partial charge in [0.05, 0.1) is 24.9 Å². The van der Waals surface area contributed by atoms with Crippen molar-refractivity contribution in [1.29, 1.82) is 0 Å². The van der Waals surface area contributed by atoms with E-state index in [1.165, 1.54) is 0 Å². The SMILES string of the molecule is CC1(C)COB(c2cnn(C3COC3)c2)OC1(C)C. The van der Waals surface area contributed by atoms with E-state index in [9.17, 15) is 0 Å². The second-order valence-electron chi connectivity index (χ2n) is 6.60. The Morgan fingerprint density at radius 1 is 1.32 bits per heavy atom. The normalized spacial score (nSPS) is 26.2. The van der Waals surface area contributed by atoms with E-state index >= 15 is 0 Å². The molecule has 2 aliphatic rings. The van der Waals surface area contributed by atoms with Gasteiger partial charge in [0.2, 0.25) is 0 Å². The third-order valence-corrected chi connectivity index (χ3v) is 4.52. The summed E-state index contributed by atoms with van der Waals surface area (Å²) in [6.45, 7) is 10.7. The maximum Gasteiger partial charge on any atom is 0.497 e. The lowest BCUT2D eigenvalue weighted by molar-refractivity contribution is -0.0937. The standard InChI is InChI=1S/C13H21BN2O3/c1-12(2)9-18-14(19-13(12,3)4)10-5-15-16(6-10)11-7-17-8-11/h5-6,11H,7-9H2,1-4H3. The molecule has 0 saturated carbocycles. The average Bonchev–Trinajstić information content (AvgIpc) is 2.69. The van der Waals surface area contributed by atoms with Gasteiger partial charge in [-0.15, -0.1) is 0 Å². The smallest absolute Gasteiger partial charge is 0.407 e. The minimum atomic E-state index is -0.322. The minimum Gasteiger partial charge on any atom is -0.407 e. The molecule has 3 rings (SSSR count). The molecule has 2 saturated heterocycles. The molecule has 0 aromatic carbocycles. The minimum absolute atomic E-state index is 0.00130. The largest absolute Gasteiger partial charge is 0.497 e. The summed E-state index contributed by atoms with van der Waals surface area (Å²) < 4.78 is 19.1. The molecule has 104 valence electrons. The highest BCUT2D eigenvalue weighted by molar-refractivity contribution is 6.61. The van der Waals surface area contributed by atoms with Crippen molar-refractivity contribution in [2.24, 2.45) is 5.41 Å². The third kappa shape index (κ3) is 2.22. The van der Waals surface area contributed by atoms with E-state index in [-0.39, 0.29) is 18.1 Å². The van der Waals surface area contributed by atoms with Crippen LogP contribution in [0.25, 0.3) is 0 Å². The maximum absolute atomic E-state index is 6.11. The fourth-order valence-corrected chi connectivity index (χ4v) is 2.13. The Morgan fingerprint density at radius 3 is 2.63 bits per heavy atom. The zero-order chi connectivity index (χ0) is 13.7. The van der Waals surface area contributed by atoms with Gasteiger partial charge in [-0.3, -0.25) is 4.68 Å². The molecule has 1 aromatic rings. The highest BCUT2D eigenvalue weighted by Gasteiger charge is 2.47. The third-order valence-electron chi connectivity index (χ3n) is 4.52. The van der Waals surface area contributed by atoms with E-state index in [4.69, 9.17) is 14.0 Å². The molecule has 0 radical (unpaired) electrons. The molecule has 0 amide bonds. The second kappa shape index (κ2) is 4.33. The van der Waals surface area contributed by atoms with E-state index in [1.54, 1.807) is 0 Å². The Hall–Kier alpha value is -0.845. The van der Waals surface area contributed by atoms with Crippen LogP contribution in [0.15, 0.2) is 12.4 Å². The van der Waals surface area contributed by atoms with E-state index in [2.05, 4.69) is 32.8 Å². The molecule has 1 aromatic heterocycles. The molecule has 2 aliphatic heterocycles. The molecular weight excluding hydrogens is 243 g/mol. The van der Waals surface area contributed by atoms with Gasteiger partial charge in [-0.1, -0.05) is 13.8 Å². The number of ether oxygens (including phenoxy) is 1. The maximum atomic E-state index is 6.11. The van der Waals surface area contributed by atoms with Crippen molar-refractivity contribution in [3.05, 3.63) is 12.4 Å². The van der Waals surface area contributed by atoms with Crippen molar-refractivity contribution < 1.29 is 14.0 Å². The summed E-state index contributed by atoms with van der Waals surface area (Å²) in [5, 5.41) is 4.37. The second-order valence-corrected chi connectivity index (χ2v) is 6.60. The monoisotopic (exact) mass is 264 g/mol. The zero-order valence-electron chi connectivity index (χ0n) is 12.0. The first-order chi connectivity index (χ1) is 8.89. The van der Waals surface area contributed by atoms with Crippen LogP contribution in [0.5, 0.6) is 0 Å². The first-order valence-corrected chi connectivity index (χ1v) is 6.80. The summed E-state index contributed by atoms with van der Waals surface area (Å²) in [6.07, 6.45) is 3.84. The van der Waals surface area contributed by atoms with Crippen molar-refractivity contribution in [3.63, 3.8) is 0 Å². The molecule has 0 N–H and O–H groups in total. The topological polar surface area (TPSA) is 45.5 Å². The van der Waals surface area contributed by atoms with Crippen molar-refractivity contribution in [1.82, 2.24) is 9.78 Å². The zero-order valence-corrected chi connectivity index (χ0v) is 12.0. The Morgan fingerprint density at radius 2 is 2.05 bits per heavy atom. The Bertz CT molecular complexity index is 468. The first-order valence-electron chi connectivity index (χ1n) is 6.80. The Labute approximate surface area is 114 Å². The highest BCUT2D eigenvalue weighted by atomic mass is 16.6. The summed E-state index contributed by atoms with van der Waals surface area (Å²) in [5.41, 5.74) is 0.759. The van der Waals surface area contributed by atoms with E-state index in [1.807, 2.05) is 17.1 Å². The summed E-state index contributed by atoms with van der Waals surface area (Å²) in [4.78, 5) is 0. The van der Waals surface area contributed by atoms with E-state index < -0.39 is 0 Å². The number of nitrogens with zero attached hydrogens (tertiary/aromatic N) is 2. The van der Waals surface area contributed by atoms with Crippen LogP contribution in [0.3, 0.4) is 0 Å². The number of aromatic nitrogens is 2. The average molecular weight is 264 g/mol. The Kier molecular flexibility index (Phi) is 3.00. The molecule has 0 aliphatic carbocycles. The van der Waals surface area contributed by atoms with Gasteiger partial charge in [-0.05, 0) is 13.8 Å². The van der Waals surface area contributed by atoms with Crippen molar-refractivity contribution in [2.75, 3.05) is 19.8 Å². The van der Waals surface area contributed by atoms with E-state index in [0.29, 0.717) is 12.6 Å². The van der Waals surface area contributed by atoms with Gasteiger partial charge >= 0.3 is 7.12 Å². The first kappa shape index (κ1) is 13.2. The molecule has 0 unspecified atom stereocenters. The van der Waals surface area contributed by atoms with Crippen LogP contribution in [0.4, 0.5) is 0 Å². The molecule has 2 fully saturated rings. The predicted octanol–water partition coefficient (Wildman–Crippen LogP) is 1.00. The van der Waals surface area contributed by atoms with Crippen molar-refractivity contribution in [3.8, 4) is 0 Å². The van der Waals surface area contributed by atoms with Gasteiger partial charge in [-0.2, -0.15) is 5.10 Å². The van der Waals surface area contributed by atoms with Crippen LogP contribution in [0.1, 0.15) is 33.7 Å². The van der Waals surface area contributed by atoms with Gasteiger partial charge in [0.1, 0.15) is 0 Å². The number of rotatable bonds is 2. The van der Waals surface area contributed by atoms with Crippen LogP contribution in [-0.2, 0) is 14.0 Å². The van der Waals surface area contributed by atoms with Crippen molar-refractivity contribution >= 4 is 12.6 Å². The fourth-order valence-electron chi connectivity index (χ4n) is 2.13. The molecule has 3 heterocycles. The number of hydrogen-bond acceptors (Lipinski definition) is 4. The van der Waals surface area contributed by atoms with Gasteiger partial charge in [0, 0.05) is 29.9 Å². The van der Waals surface area contributed by atoms with E-state index in [0.717, 1.165) is 18.7 Å². The summed E-state index contributed by atoms with van der Waals surface area (Å²) in [6, 6.07) is 0.363. The predicted molar refractivity (Wildman–Crippen MR) is 72.4 cm³/mol. The lowest BCUT2D eigenvalue weighted by atomic mass is 9.70. The van der Waals surface area contributed by atoms with Crippen LogP contribution in [-0.4, -0.2) is 42.3 Å². The molecule has 6 heteroatoms. The van der Waals surface area contributed by atoms with Gasteiger partial charge in [0.15, 0.2) is 0 Å². The molecular formula is C13H21BN2O3. The summed E-state index contributed by atoms with van der Waals surface area (Å²) in [5.74, 6) is 0.